The highest BCUT2D eigenvalue weighted by Gasteiger charge is 2.18. The molecule has 0 bridgehead atoms. The second-order valence-corrected chi connectivity index (χ2v) is 6.40. The second kappa shape index (κ2) is 3.33. The Balaban J connectivity index is 2.31. The van der Waals surface area contributed by atoms with E-state index in [4.69, 9.17) is 0 Å². The SMILES string of the molecule is Brc1cc2c3c(ccc4cc(Br)cc(c43)C2)c1. The topological polar surface area (TPSA) is 0 Å². The minimum absolute atomic E-state index is 1.05. The summed E-state index contributed by atoms with van der Waals surface area (Å²) >= 11 is 7.19. The normalized spacial score (nSPS) is 13.1. The van der Waals surface area contributed by atoms with Crippen molar-refractivity contribution in [2.24, 2.45) is 0 Å². The van der Waals surface area contributed by atoms with Crippen LogP contribution in [0.15, 0.2) is 45.3 Å². The molecule has 0 atom stereocenters. The van der Waals surface area contributed by atoms with E-state index >= 15 is 0 Å². The fourth-order valence-electron chi connectivity index (χ4n) is 2.91. The van der Waals surface area contributed by atoms with E-state index in [0.717, 1.165) is 6.42 Å². The molecule has 1 aliphatic rings. The van der Waals surface area contributed by atoms with Crippen LogP contribution in [0.2, 0.25) is 0 Å². The second-order valence-electron chi connectivity index (χ2n) is 4.57. The van der Waals surface area contributed by atoms with Crippen LogP contribution in [0.5, 0.6) is 0 Å². The summed E-state index contributed by atoms with van der Waals surface area (Å²) in [6, 6.07) is 13.3. The lowest BCUT2D eigenvalue weighted by Crippen LogP contribution is -1.80. The lowest BCUT2D eigenvalue weighted by Gasteiger charge is -2.04. The minimum Gasteiger partial charge on any atom is -0.0537 e. The van der Waals surface area contributed by atoms with Gasteiger partial charge in [-0.15, -0.1) is 0 Å². The molecular formula is C15H8Br2. The monoisotopic (exact) mass is 346 g/mol. The Labute approximate surface area is 116 Å². The quantitative estimate of drug-likeness (QED) is 0.372. The first-order valence-electron chi connectivity index (χ1n) is 5.56. The van der Waals surface area contributed by atoms with Crippen molar-refractivity contribution in [3.05, 3.63) is 56.5 Å². The van der Waals surface area contributed by atoms with Crippen molar-refractivity contribution in [2.45, 2.75) is 6.42 Å². The molecule has 1 aliphatic carbocycles. The van der Waals surface area contributed by atoms with Crippen LogP contribution in [0.4, 0.5) is 0 Å². The molecular weight excluding hydrogens is 340 g/mol. The summed E-state index contributed by atoms with van der Waals surface area (Å²) in [4.78, 5) is 0. The van der Waals surface area contributed by atoms with Crippen LogP contribution in [-0.2, 0) is 6.42 Å². The lowest BCUT2D eigenvalue weighted by atomic mass is 10.0. The standard InChI is InChI=1S/C15H8Br2/c16-12-4-8-1-2-9-5-13(17)7-11-3-10(6-12)14(8)15(9)11/h1-2,4-7H,3H2. The average Bonchev–Trinajstić information content (AvgIpc) is 2.62. The van der Waals surface area contributed by atoms with E-state index in [0.29, 0.717) is 0 Å². The van der Waals surface area contributed by atoms with Crippen LogP contribution >= 0.6 is 31.9 Å². The van der Waals surface area contributed by atoms with Gasteiger partial charge in [0, 0.05) is 8.95 Å². The van der Waals surface area contributed by atoms with Crippen molar-refractivity contribution >= 4 is 53.4 Å². The average molecular weight is 348 g/mol. The first-order valence-corrected chi connectivity index (χ1v) is 7.14. The molecule has 0 saturated carbocycles. The number of hydrogen-bond donors (Lipinski definition) is 0. The summed E-state index contributed by atoms with van der Waals surface area (Å²) < 4.78 is 2.34. The van der Waals surface area contributed by atoms with E-state index in [1.54, 1.807) is 0 Å². The zero-order chi connectivity index (χ0) is 11.6. The van der Waals surface area contributed by atoms with Crippen molar-refractivity contribution in [1.82, 2.24) is 0 Å². The zero-order valence-corrected chi connectivity index (χ0v) is 12.1. The molecule has 0 aliphatic heterocycles. The Morgan fingerprint density at radius 1 is 0.706 bits per heavy atom. The summed E-state index contributed by atoms with van der Waals surface area (Å²) in [5.41, 5.74) is 2.88. The summed E-state index contributed by atoms with van der Waals surface area (Å²) in [6.45, 7) is 0. The molecule has 3 aromatic carbocycles. The molecule has 17 heavy (non-hydrogen) atoms. The molecule has 0 amide bonds. The molecule has 2 heteroatoms. The Morgan fingerprint density at radius 2 is 1.18 bits per heavy atom. The first kappa shape index (κ1) is 10.1. The van der Waals surface area contributed by atoms with Crippen molar-refractivity contribution < 1.29 is 0 Å². The molecule has 0 saturated heterocycles. The minimum atomic E-state index is 1.05. The maximum atomic E-state index is 3.59. The smallest absolute Gasteiger partial charge is 0.0184 e. The van der Waals surface area contributed by atoms with E-state index < -0.39 is 0 Å². The Morgan fingerprint density at radius 3 is 1.65 bits per heavy atom. The van der Waals surface area contributed by atoms with Gasteiger partial charge in [-0.25, -0.2) is 0 Å². The van der Waals surface area contributed by atoms with E-state index in [9.17, 15) is 0 Å². The predicted octanol–water partition coefficient (Wildman–Crippen LogP) is 5.42. The molecule has 0 unspecified atom stereocenters. The number of rotatable bonds is 0. The Hall–Kier alpha value is -0.860. The van der Waals surface area contributed by atoms with Gasteiger partial charge in [-0.3, -0.25) is 0 Å². The van der Waals surface area contributed by atoms with Crippen LogP contribution in [0.25, 0.3) is 21.5 Å². The Kier molecular flexibility index (Phi) is 1.98. The third-order valence-corrected chi connectivity index (χ3v) is 4.42. The van der Waals surface area contributed by atoms with Gasteiger partial charge in [-0.05, 0) is 63.4 Å². The van der Waals surface area contributed by atoms with Gasteiger partial charge in [0.05, 0.1) is 0 Å². The number of halogens is 2. The predicted molar refractivity (Wildman–Crippen MR) is 79.7 cm³/mol. The summed E-state index contributed by atoms with van der Waals surface area (Å²) in [5, 5.41) is 5.55. The number of benzene rings is 3. The van der Waals surface area contributed by atoms with Crippen LogP contribution in [0.1, 0.15) is 11.1 Å². The molecule has 0 spiro atoms. The third-order valence-electron chi connectivity index (χ3n) is 3.50. The van der Waals surface area contributed by atoms with Crippen molar-refractivity contribution in [3.63, 3.8) is 0 Å². The lowest BCUT2D eigenvalue weighted by molar-refractivity contribution is 1.27. The molecule has 0 aromatic heterocycles. The molecule has 3 aromatic rings. The van der Waals surface area contributed by atoms with Crippen LogP contribution in [0.3, 0.4) is 0 Å². The maximum absolute atomic E-state index is 3.59. The van der Waals surface area contributed by atoms with Crippen LogP contribution in [0, 0.1) is 0 Å². The van der Waals surface area contributed by atoms with E-state index in [2.05, 4.69) is 68.3 Å². The molecule has 82 valence electrons. The van der Waals surface area contributed by atoms with E-state index in [1.165, 1.54) is 41.6 Å². The van der Waals surface area contributed by atoms with Gasteiger partial charge in [0.25, 0.3) is 0 Å². The fraction of sp³-hybridized carbons (Fsp3) is 0.0667. The van der Waals surface area contributed by atoms with Gasteiger partial charge in [-0.1, -0.05) is 44.0 Å². The van der Waals surface area contributed by atoms with Gasteiger partial charge >= 0.3 is 0 Å². The highest BCUT2D eigenvalue weighted by atomic mass is 79.9. The van der Waals surface area contributed by atoms with E-state index in [1.807, 2.05) is 0 Å². The summed E-state index contributed by atoms with van der Waals surface area (Å²) in [6.07, 6.45) is 1.05. The Bertz CT molecular complexity index is 721. The largest absolute Gasteiger partial charge is 0.0537 e. The van der Waals surface area contributed by atoms with Gasteiger partial charge in [0.15, 0.2) is 0 Å². The summed E-state index contributed by atoms with van der Waals surface area (Å²) in [7, 11) is 0. The van der Waals surface area contributed by atoms with Gasteiger partial charge in [0.1, 0.15) is 0 Å². The first-order chi connectivity index (χ1) is 8.22. The van der Waals surface area contributed by atoms with Crippen LogP contribution in [-0.4, -0.2) is 0 Å². The molecule has 0 heterocycles. The summed E-state index contributed by atoms with van der Waals surface area (Å²) in [5.74, 6) is 0. The molecule has 0 fully saturated rings. The maximum Gasteiger partial charge on any atom is 0.0184 e. The van der Waals surface area contributed by atoms with Gasteiger partial charge in [0.2, 0.25) is 0 Å². The molecule has 0 nitrogen and oxygen atoms in total. The molecule has 4 rings (SSSR count). The third kappa shape index (κ3) is 1.34. The van der Waals surface area contributed by atoms with Crippen molar-refractivity contribution in [3.8, 4) is 0 Å². The zero-order valence-electron chi connectivity index (χ0n) is 8.93. The molecule has 0 N–H and O–H groups in total. The fourth-order valence-corrected chi connectivity index (χ4v) is 3.95. The van der Waals surface area contributed by atoms with Gasteiger partial charge < -0.3 is 0 Å². The van der Waals surface area contributed by atoms with Crippen LogP contribution < -0.4 is 0 Å². The highest BCUT2D eigenvalue weighted by molar-refractivity contribution is 9.10. The van der Waals surface area contributed by atoms with Crippen molar-refractivity contribution in [1.29, 1.82) is 0 Å². The van der Waals surface area contributed by atoms with Crippen molar-refractivity contribution in [2.75, 3.05) is 0 Å². The highest BCUT2D eigenvalue weighted by Crippen LogP contribution is 2.40. The van der Waals surface area contributed by atoms with Gasteiger partial charge in [-0.2, -0.15) is 0 Å². The molecule has 0 radical (unpaired) electrons. The number of hydrogen-bond acceptors (Lipinski definition) is 0. The van der Waals surface area contributed by atoms with E-state index in [-0.39, 0.29) is 0 Å².